The van der Waals surface area contributed by atoms with Crippen molar-refractivity contribution >= 4 is 0 Å². The Morgan fingerprint density at radius 3 is 2.20 bits per heavy atom. The molecule has 0 amide bonds. The molecule has 0 radical (unpaired) electrons. The molecule has 0 aromatic carbocycles. The average Bonchev–Trinajstić information content (AvgIpc) is 1.87. The van der Waals surface area contributed by atoms with Gasteiger partial charge in [0.2, 0.25) is 6.86 Å². The lowest BCUT2D eigenvalue weighted by molar-refractivity contribution is -0.0135. The van der Waals surface area contributed by atoms with E-state index in [0.717, 1.165) is 0 Å². The zero-order valence-corrected chi connectivity index (χ0v) is 5.36. The molecule has 0 unspecified atom stereocenters. The Hall–Kier alpha value is -0.870. The largest absolute Gasteiger partial charge is 0.462 e. The van der Waals surface area contributed by atoms with Crippen LogP contribution in [0.4, 0.5) is 13.2 Å². The van der Waals surface area contributed by atoms with E-state index < -0.39 is 18.9 Å². The molecule has 0 rings (SSSR count). The van der Waals surface area contributed by atoms with Crippen LogP contribution in [0, 0.1) is 0 Å². The fraction of sp³-hybridized carbons (Fsp3) is 0.600. The molecule has 0 aromatic rings. The Morgan fingerprint density at radius 2 is 1.90 bits per heavy atom. The van der Waals surface area contributed by atoms with Crippen LogP contribution >= 0.6 is 0 Å². The molecule has 0 aliphatic rings. The first-order valence-electron chi connectivity index (χ1n) is 2.59. The Bertz CT molecular complexity index is 112. The van der Waals surface area contributed by atoms with Crippen LogP contribution in [0.1, 0.15) is 6.92 Å². The summed E-state index contributed by atoms with van der Waals surface area (Å²) >= 11 is 0. The van der Waals surface area contributed by atoms with Gasteiger partial charge in [-0.3, -0.25) is 0 Å². The summed E-state index contributed by atoms with van der Waals surface area (Å²) in [6.07, 6.45) is -2.15. The van der Waals surface area contributed by atoms with Crippen LogP contribution < -0.4 is 0 Å². The van der Waals surface area contributed by atoms with Crippen molar-refractivity contribution in [3.8, 4) is 0 Å². The molecule has 0 saturated carbocycles. The van der Waals surface area contributed by atoms with E-state index in [0.29, 0.717) is 0 Å². The van der Waals surface area contributed by atoms with Crippen molar-refractivity contribution in [1.29, 1.82) is 0 Å². The predicted molar refractivity (Wildman–Crippen MR) is 27.9 cm³/mol. The highest BCUT2D eigenvalue weighted by molar-refractivity contribution is 4.81. The highest BCUT2D eigenvalue weighted by atomic mass is 19.3. The van der Waals surface area contributed by atoms with E-state index in [2.05, 4.69) is 9.47 Å². The molecule has 0 atom stereocenters. The summed E-state index contributed by atoms with van der Waals surface area (Å²) in [6, 6.07) is 0. The van der Waals surface area contributed by atoms with Gasteiger partial charge in [-0.15, -0.1) is 0 Å². The molecule has 0 fully saturated rings. The van der Waals surface area contributed by atoms with Crippen LogP contribution in [0.25, 0.3) is 0 Å². The number of alkyl halides is 1. The van der Waals surface area contributed by atoms with Gasteiger partial charge in [-0.05, 0) is 6.92 Å². The minimum absolute atomic E-state index is 0.0205. The summed E-state index contributed by atoms with van der Waals surface area (Å²) in [5, 5.41) is 0. The summed E-state index contributed by atoms with van der Waals surface area (Å²) in [7, 11) is 0. The SMILES string of the molecule is CCOC(OCF)=C(F)F. The zero-order valence-electron chi connectivity index (χ0n) is 5.36. The molecule has 0 aliphatic carbocycles. The van der Waals surface area contributed by atoms with Crippen molar-refractivity contribution in [2.45, 2.75) is 6.92 Å². The van der Waals surface area contributed by atoms with Crippen molar-refractivity contribution in [2.24, 2.45) is 0 Å². The molecule has 0 aliphatic heterocycles. The summed E-state index contributed by atoms with van der Waals surface area (Å²) in [5.74, 6) is -1.04. The second-order valence-corrected chi connectivity index (χ2v) is 1.23. The number of halogens is 3. The predicted octanol–water partition coefficient (Wildman–Crippen LogP) is 2.03. The zero-order chi connectivity index (χ0) is 7.98. The summed E-state index contributed by atoms with van der Waals surface area (Å²) in [6.45, 7) is 0.198. The van der Waals surface area contributed by atoms with Gasteiger partial charge in [-0.25, -0.2) is 4.39 Å². The number of rotatable bonds is 4. The lowest BCUT2D eigenvalue weighted by Gasteiger charge is -2.04. The van der Waals surface area contributed by atoms with Crippen LogP contribution in [0.2, 0.25) is 0 Å². The van der Waals surface area contributed by atoms with Gasteiger partial charge in [0.15, 0.2) is 0 Å². The van der Waals surface area contributed by atoms with Gasteiger partial charge in [0.05, 0.1) is 6.61 Å². The highest BCUT2D eigenvalue weighted by Gasteiger charge is 2.07. The first kappa shape index (κ1) is 9.13. The van der Waals surface area contributed by atoms with E-state index in [1.807, 2.05) is 0 Å². The van der Waals surface area contributed by atoms with Crippen LogP contribution in [0.5, 0.6) is 0 Å². The first-order chi connectivity index (χ1) is 4.72. The third kappa shape index (κ3) is 3.21. The molecule has 2 nitrogen and oxygen atoms in total. The van der Waals surface area contributed by atoms with Gasteiger partial charge >= 0.3 is 12.0 Å². The van der Waals surface area contributed by atoms with Crippen molar-refractivity contribution in [3.05, 3.63) is 12.0 Å². The summed E-state index contributed by atoms with van der Waals surface area (Å²) in [5.41, 5.74) is 0. The monoisotopic (exact) mass is 156 g/mol. The lowest BCUT2D eigenvalue weighted by atomic mass is 10.8. The third-order valence-electron chi connectivity index (χ3n) is 0.615. The van der Waals surface area contributed by atoms with Gasteiger partial charge in [-0.2, -0.15) is 8.78 Å². The number of ether oxygens (including phenoxy) is 2. The fourth-order valence-electron chi connectivity index (χ4n) is 0.331. The molecule has 0 aromatic heterocycles. The first-order valence-corrected chi connectivity index (χ1v) is 2.59. The molecule has 0 N–H and O–H groups in total. The van der Waals surface area contributed by atoms with Gasteiger partial charge < -0.3 is 9.47 Å². The molecular formula is C5H7F3O2. The summed E-state index contributed by atoms with van der Waals surface area (Å²) < 4.78 is 42.3. The second-order valence-electron chi connectivity index (χ2n) is 1.23. The standard InChI is InChI=1S/C5H7F3O2/c1-2-9-5(4(7)8)10-3-6/h2-3H2,1H3. The van der Waals surface area contributed by atoms with E-state index in [-0.39, 0.29) is 6.61 Å². The van der Waals surface area contributed by atoms with E-state index >= 15 is 0 Å². The van der Waals surface area contributed by atoms with E-state index in [1.54, 1.807) is 0 Å². The van der Waals surface area contributed by atoms with Gasteiger partial charge in [0.25, 0.3) is 0 Å². The maximum absolute atomic E-state index is 11.5. The molecule has 0 saturated heterocycles. The highest BCUT2D eigenvalue weighted by Crippen LogP contribution is 2.10. The summed E-state index contributed by atoms with van der Waals surface area (Å²) in [4.78, 5) is 0. The molecule has 5 heteroatoms. The smallest absolute Gasteiger partial charge is 0.350 e. The molecule has 60 valence electrons. The average molecular weight is 156 g/mol. The van der Waals surface area contributed by atoms with Gasteiger partial charge in [-0.1, -0.05) is 0 Å². The van der Waals surface area contributed by atoms with Crippen LogP contribution in [-0.4, -0.2) is 13.5 Å². The van der Waals surface area contributed by atoms with Crippen LogP contribution in [0.3, 0.4) is 0 Å². The Labute approximate surface area is 56.2 Å². The Balaban J connectivity index is 3.86. The maximum Gasteiger partial charge on any atom is 0.350 e. The van der Waals surface area contributed by atoms with E-state index in [4.69, 9.17) is 0 Å². The van der Waals surface area contributed by atoms with Crippen molar-refractivity contribution in [3.63, 3.8) is 0 Å². The number of hydrogen-bond acceptors (Lipinski definition) is 2. The molecular weight excluding hydrogens is 149 g/mol. The Morgan fingerprint density at radius 1 is 1.30 bits per heavy atom. The van der Waals surface area contributed by atoms with Crippen molar-refractivity contribution in [1.82, 2.24) is 0 Å². The minimum Gasteiger partial charge on any atom is -0.462 e. The lowest BCUT2D eigenvalue weighted by Crippen LogP contribution is -1.97. The second kappa shape index (κ2) is 4.96. The topological polar surface area (TPSA) is 18.5 Å². The Kier molecular flexibility index (Phi) is 4.53. The molecule has 10 heavy (non-hydrogen) atoms. The quantitative estimate of drug-likeness (QED) is 0.580. The van der Waals surface area contributed by atoms with Crippen LogP contribution in [-0.2, 0) is 9.47 Å². The van der Waals surface area contributed by atoms with E-state index in [1.165, 1.54) is 6.92 Å². The molecule has 0 bridgehead atoms. The van der Waals surface area contributed by atoms with Crippen LogP contribution in [0.15, 0.2) is 12.0 Å². The van der Waals surface area contributed by atoms with Gasteiger partial charge in [0, 0.05) is 0 Å². The fourth-order valence-corrected chi connectivity index (χ4v) is 0.331. The van der Waals surface area contributed by atoms with Gasteiger partial charge in [0.1, 0.15) is 0 Å². The molecule has 0 heterocycles. The maximum atomic E-state index is 11.5. The van der Waals surface area contributed by atoms with E-state index in [9.17, 15) is 13.2 Å². The van der Waals surface area contributed by atoms with Crippen molar-refractivity contribution in [2.75, 3.05) is 13.5 Å². The number of hydrogen-bond donors (Lipinski definition) is 0. The molecule has 0 spiro atoms. The normalized spacial score (nSPS) is 8.80. The third-order valence-corrected chi connectivity index (χ3v) is 0.615. The van der Waals surface area contributed by atoms with Crippen molar-refractivity contribution < 1.29 is 22.6 Å². The minimum atomic E-state index is -2.15.